The van der Waals surface area contributed by atoms with Crippen molar-refractivity contribution in [3.63, 3.8) is 0 Å². The van der Waals surface area contributed by atoms with Crippen molar-refractivity contribution in [2.75, 3.05) is 11.9 Å². The summed E-state index contributed by atoms with van der Waals surface area (Å²) in [7, 11) is 0. The quantitative estimate of drug-likeness (QED) is 0.588. The molecule has 2 rings (SSSR count). The molecule has 3 N–H and O–H groups in total. The van der Waals surface area contributed by atoms with Gasteiger partial charge in [0.05, 0.1) is 10.6 Å². The summed E-state index contributed by atoms with van der Waals surface area (Å²) < 4.78 is 13.1. The highest BCUT2D eigenvalue weighted by molar-refractivity contribution is 5.92. The number of nitrogens with one attached hydrogen (secondary N) is 1. The molecule has 0 aromatic heterocycles. The summed E-state index contributed by atoms with van der Waals surface area (Å²) in [6, 6.07) is 10.6. The van der Waals surface area contributed by atoms with E-state index in [0.29, 0.717) is 5.69 Å². The molecule has 138 valence electrons. The summed E-state index contributed by atoms with van der Waals surface area (Å²) in [5.74, 6) is -0.302. The van der Waals surface area contributed by atoms with Gasteiger partial charge in [0.25, 0.3) is 11.6 Å². The lowest BCUT2D eigenvalue weighted by Crippen LogP contribution is -2.88. The first-order chi connectivity index (χ1) is 12.3. The molecule has 0 heterocycles. The Bertz CT molecular complexity index is 791. The maximum Gasteiger partial charge on any atom is 0.279 e. The van der Waals surface area contributed by atoms with Crippen LogP contribution >= 0.6 is 0 Å². The lowest BCUT2D eigenvalue weighted by atomic mass is 9.96. The van der Waals surface area contributed by atoms with E-state index in [4.69, 9.17) is 0 Å². The lowest BCUT2D eigenvalue weighted by Gasteiger charge is -2.19. The fourth-order valence-electron chi connectivity index (χ4n) is 2.77. The number of halogens is 1. The third kappa shape index (κ3) is 5.10. The minimum absolute atomic E-state index is 0.00700. The molecule has 0 aliphatic heterocycles. The molecule has 0 aliphatic carbocycles. The number of nitrogens with two attached hydrogens (primary N) is 1. The van der Waals surface area contributed by atoms with Crippen molar-refractivity contribution in [1.82, 2.24) is 0 Å². The van der Waals surface area contributed by atoms with Gasteiger partial charge < -0.3 is 10.6 Å². The number of nitrogens with zero attached hydrogens (tertiary/aromatic N) is 1. The number of hydrogen-bond donors (Lipinski definition) is 2. The van der Waals surface area contributed by atoms with Crippen molar-refractivity contribution >= 4 is 17.3 Å². The molecule has 7 heteroatoms. The maximum absolute atomic E-state index is 13.1. The van der Waals surface area contributed by atoms with Crippen molar-refractivity contribution in [2.24, 2.45) is 5.92 Å². The third-order valence-corrected chi connectivity index (χ3v) is 4.24. The highest BCUT2D eigenvalue weighted by Gasteiger charge is 2.21. The van der Waals surface area contributed by atoms with E-state index >= 15 is 0 Å². The summed E-state index contributed by atoms with van der Waals surface area (Å²) in [4.78, 5) is 22.7. The number of carbonyl (C=O) groups excluding carboxylic acids is 1. The van der Waals surface area contributed by atoms with E-state index in [1.165, 1.54) is 24.3 Å². The van der Waals surface area contributed by atoms with Gasteiger partial charge in [-0.3, -0.25) is 14.9 Å². The zero-order valence-corrected chi connectivity index (χ0v) is 15.0. The summed E-state index contributed by atoms with van der Waals surface area (Å²) >= 11 is 0. The molecule has 2 aromatic rings. The van der Waals surface area contributed by atoms with Gasteiger partial charge in [-0.2, -0.15) is 0 Å². The molecule has 26 heavy (non-hydrogen) atoms. The summed E-state index contributed by atoms with van der Waals surface area (Å²) in [5.41, 5.74) is 2.06. The van der Waals surface area contributed by atoms with Crippen molar-refractivity contribution in [1.29, 1.82) is 0 Å². The summed E-state index contributed by atoms with van der Waals surface area (Å²) in [6.45, 7) is 6.00. The van der Waals surface area contributed by atoms with Crippen LogP contribution in [-0.2, 0) is 4.79 Å². The first kappa shape index (κ1) is 19.5. The number of hydrogen-bond acceptors (Lipinski definition) is 3. The first-order valence-corrected chi connectivity index (χ1v) is 8.41. The number of nitro groups is 1. The van der Waals surface area contributed by atoms with E-state index in [2.05, 4.69) is 5.32 Å². The standard InChI is InChI=1S/C19H22FN3O3/c1-12(2)19(14-5-7-15(20)8-6-14)21-11-18(24)22-17-10-16(23(25)26)9-4-13(17)3/h4-10,12,19,21H,11H2,1-3H3,(H,22,24)/p+1/t19-/m0/s1. The summed E-state index contributed by atoms with van der Waals surface area (Å²) in [6.07, 6.45) is 0. The number of rotatable bonds is 7. The predicted molar refractivity (Wildman–Crippen MR) is 97.2 cm³/mol. The van der Waals surface area contributed by atoms with Gasteiger partial charge in [0.1, 0.15) is 11.9 Å². The Morgan fingerprint density at radius 1 is 1.23 bits per heavy atom. The van der Waals surface area contributed by atoms with Crippen LogP contribution in [0.3, 0.4) is 0 Å². The molecule has 0 saturated carbocycles. The average molecular weight is 360 g/mol. The minimum atomic E-state index is -0.495. The number of aryl methyl sites for hydroxylation is 1. The molecule has 1 amide bonds. The predicted octanol–water partition coefficient (Wildman–Crippen LogP) is 2.94. The second kappa shape index (κ2) is 8.53. The van der Waals surface area contributed by atoms with Gasteiger partial charge in [-0.15, -0.1) is 0 Å². The van der Waals surface area contributed by atoms with E-state index in [1.807, 2.05) is 19.2 Å². The number of anilines is 1. The Morgan fingerprint density at radius 2 is 1.88 bits per heavy atom. The van der Waals surface area contributed by atoms with Crippen LogP contribution in [0.15, 0.2) is 42.5 Å². The molecule has 0 unspecified atom stereocenters. The number of carbonyl (C=O) groups is 1. The Hall–Kier alpha value is -2.80. The lowest BCUT2D eigenvalue weighted by molar-refractivity contribution is -0.692. The molecule has 2 aromatic carbocycles. The molecule has 0 spiro atoms. The number of amides is 1. The molecule has 0 fully saturated rings. The minimum Gasteiger partial charge on any atom is -0.332 e. The fourth-order valence-corrected chi connectivity index (χ4v) is 2.77. The smallest absolute Gasteiger partial charge is 0.279 e. The van der Waals surface area contributed by atoms with Crippen LogP contribution in [0.2, 0.25) is 0 Å². The highest BCUT2D eigenvalue weighted by atomic mass is 19.1. The van der Waals surface area contributed by atoms with E-state index in [9.17, 15) is 19.3 Å². The number of benzene rings is 2. The Morgan fingerprint density at radius 3 is 2.46 bits per heavy atom. The zero-order valence-electron chi connectivity index (χ0n) is 15.0. The Labute approximate surface area is 151 Å². The largest absolute Gasteiger partial charge is 0.332 e. The van der Waals surface area contributed by atoms with Crippen LogP contribution in [0, 0.1) is 28.8 Å². The third-order valence-electron chi connectivity index (χ3n) is 4.24. The van der Waals surface area contributed by atoms with Crippen LogP contribution in [0.1, 0.15) is 31.0 Å². The molecule has 1 atom stereocenters. The van der Waals surface area contributed by atoms with Crippen molar-refractivity contribution in [3.8, 4) is 0 Å². The molecule has 6 nitrogen and oxygen atoms in total. The fraction of sp³-hybridized carbons (Fsp3) is 0.316. The van der Waals surface area contributed by atoms with E-state index in [0.717, 1.165) is 11.1 Å². The van der Waals surface area contributed by atoms with Gasteiger partial charge in [0.15, 0.2) is 6.54 Å². The Balaban J connectivity index is 2.04. The van der Waals surface area contributed by atoms with Gasteiger partial charge in [0.2, 0.25) is 0 Å². The van der Waals surface area contributed by atoms with E-state index in [1.54, 1.807) is 25.1 Å². The average Bonchev–Trinajstić information content (AvgIpc) is 2.58. The molecule has 0 bridgehead atoms. The number of nitro benzene ring substituents is 1. The van der Waals surface area contributed by atoms with Crippen LogP contribution in [0.4, 0.5) is 15.8 Å². The number of non-ortho nitro benzene ring substituents is 1. The summed E-state index contributed by atoms with van der Waals surface area (Å²) in [5, 5.41) is 15.5. The first-order valence-electron chi connectivity index (χ1n) is 8.41. The molecule has 0 saturated heterocycles. The second-order valence-electron chi connectivity index (χ2n) is 6.57. The Kier molecular flexibility index (Phi) is 6.41. The normalized spacial score (nSPS) is 12.0. The van der Waals surface area contributed by atoms with Crippen LogP contribution < -0.4 is 10.6 Å². The highest BCUT2D eigenvalue weighted by Crippen LogP contribution is 2.22. The van der Waals surface area contributed by atoms with E-state index in [-0.39, 0.29) is 35.9 Å². The number of quaternary nitrogens is 1. The molecular formula is C19H23FN3O3+. The molecule has 0 radical (unpaired) electrons. The van der Waals surface area contributed by atoms with Crippen LogP contribution in [0.25, 0.3) is 0 Å². The van der Waals surface area contributed by atoms with Gasteiger partial charge in [0, 0.05) is 23.6 Å². The molecule has 0 aliphatic rings. The topological polar surface area (TPSA) is 88.9 Å². The van der Waals surface area contributed by atoms with E-state index < -0.39 is 4.92 Å². The van der Waals surface area contributed by atoms with Gasteiger partial charge in [-0.1, -0.05) is 32.0 Å². The zero-order chi connectivity index (χ0) is 19.3. The van der Waals surface area contributed by atoms with Crippen LogP contribution in [0.5, 0.6) is 0 Å². The SMILES string of the molecule is Cc1ccc([N+](=O)[O-])cc1NC(=O)C[NH2+][C@H](c1ccc(F)cc1)C(C)C. The second-order valence-corrected chi connectivity index (χ2v) is 6.57. The molecular weight excluding hydrogens is 337 g/mol. The van der Waals surface area contributed by atoms with Crippen molar-refractivity contribution in [3.05, 3.63) is 69.5 Å². The van der Waals surface area contributed by atoms with Crippen molar-refractivity contribution in [2.45, 2.75) is 26.8 Å². The maximum atomic E-state index is 13.1. The van der Waals surface area contributed by atoms with Gasteiger partial charge in [-0.05, 0) is 24.6 Å². The monoisotopic (exact) mass is 360 g/mol. The van der Waals surface area contributed by atoms with Gasteiger partial charge in [-0.25, -0.2) is 4.39 Å². The van der Waals surface area contributed by atoms with Gasteiger partial charge >= 0.3 is 0 Å². The van der Waals surface area contributed by atoms with Crippen molar-refractivity contribution < 1.29 is 19.4 Å². The van der Waals surface area contributed by atoms with Crippen LogP contribution in [-0.4, -0.2) is 17.4 Å².